The Balaban J connectivity index is 1.37. The Kier molecular flexibility index (Phi) is 3.95. The molecular formula is C17H29N3S. The van der Waals surface area contributed by atoms with Crippen molar-refractivity contribution in [3.05, 3.63) is 0 Å². The van der Waals surface area contributed by atoms with E-state index >= 15 is 0 Å². The minimum absolute atomic E-state index is 0.393. The van der Waals surface area contributed by atoms with Gasteiger partial charge in [-0.1, -0.05) is 18.7 Å². The third-order valence-corrected chi connectivity index (χ3v) is 7.36. The largest absolute Gasteiger partial charge is 0.359 e. The number of thioether (sulfide) groups is 1. The van der Waals surface area contributed by atoms with Gasteiger partial charge in [-0.2, -0.15) is 0 Å². The first kappa shape index (κ1) is 14.4. The topological polar surface area (TPSA) is 27.6 Å². The average Bonchev–Trinajstić information content (AvgIpc) is 3.10. The Morgan fingerprint density at radius 3 is 2.90 bits per heavy atom. The van der Waals surface area contributed by atoms with Crippen LogP contribution >= 0.6 is 11.8 Å². The molecule has 21 heavy (non-hydrogen) atoms. The molecule has 0 bridgehead atoms. The van der Waals surface area contributed by atoms with Crippen LogP contribution in [0.3, 0.4) is 0 Å². The van der Waals surface area contributed by atoms with Gasteiger partial charge in [-0.25, -0.2) is 0 Å². The lowest BCUT2D eigenvalue weighted by Gasteiger charge is -2.36. The molecule has 0 radical (unpaired) electrons. The highest BCUT2D eigenvalue weighted by molar-refractivity contribution is 8.14. The van der Waals surface area contributed by atoms with Crippen LogP contribution in [0.1, 0.15) is 58.3 Å². The Morgan fingerprint density at radius 1 is 1.19 bits per heavy atom. The summed E-state index contributed by atoms with van der Waals surface area (Å²) in [6.07, 6.45) is 10.9. The van der Waals surface area contributed by atoms with Crippen LogP contribution in [0.15, 0.2) is 4.99 Å². The molecule has 0 amide bonds. The van der Waals surface area contributed by atoms with E-state index in [-0.39, 0.29) is 0 Å². The zero-order valence-electron chi connectivity index (χ0n) is 13.3. The molecule has 3 saturated heterocycles. The molecule has 1 saturated carbocycles. The molecule has 1 N–H and O–H groups in total. The molecule has 4 fully saturated rings. The number of amidine groups is 1. The van der Waals surface area contributed by atoms with Crippen molar-refractivity contribution in [2.75, 3.05) is 18.8 Å². The van der Waals surface area contributed by atoms with Gasteiger partial charge in [-0.05, 0) is 63.8 Å². The minimum atomic E-state index is 0.393. The molecule has 4 rings (SSSR count). The summed E-state index contributed by atoms with van der Waals surface area (Å²) in [6, 6.07) is 1.42. The molecule has 2 atom stereocenters. The normalized spacial score (nSPS) is 46.0. The summed E-state index contributed by atoms with van der Waals surface area (Å²) in [5.41, 5.74) is 0.393. The lowest BCUT2D eigenvalue weighted by molar-refractivity contribution is 0.182. The van der Waals surface area contributed by atoms with Crippen LogP contribution < -0.4 is 5.32 Å². The summed E-state index contributed by atoms with van der Waals surface area (Å²) in [5.74, 6) is 2.18. The zero-order valence-corrected chi connectivity index (χ0v) is 14.1. The summed E-state index contributed by atoms with van der Waals surface area (Å²) in [5, 5.41) is 5.10. The Bertz CT molecular complexity index is 414. The van der Waals surface area contributed by atoms with Crippen molar-refractivity contribution in [1.29, 1.82) is 0 Å². The summed E-state index contributed by atoms with van der Waals surface area (Å²) in [4.78, 5) is 7.80. The maximum atomic E-state index is 5.11. The molecule has 3 heterocycles. The SMILES string of the molecule is CC1CCC2(CC1)CSC(=NC1CCN3CCCC3C1)N2. The fourth-order valence-electron chi connectivity index (χ4n) is 4.65. The molecule has 4 aliphatic rings. The minimum Gasteiger partial charge on any atom is -0.359 e. The van der Waals surface area contributed by atoms with E-state index in [2.05, 4.69) is 17.1 Å². The summed E-state index contributed by atoms with van der Waals surface area (Å²) < 4.78 is 0. The number of nitrogens with one attached hydrogen (secondary N) is 1. The van der Waals surface area contributed by atoms with E-state index in [1.165, 1.54) is 75.4 Å². The highest BCUT2D eigenvalue weighted by Crippen LogP contribution is 2.39. The molecule has 1 aliphatic carbocycles. The maximum absolute atomic E-state index is 5.11. The lowest BCUT2D eigenvalue weighted by atomic mass is 9.78. The molecule has 3 aliphatic heterocycles. The van der Waals surface area contributed by atoms with Crippen LogP contribution in [0.25, 0.3) is 0 Å². The van der Waals surface area contributed by atoms with Gasteiger partial charge in [0.15, 0.2) is 5.17 Å². The monoisotopic (exact) mass is 307 g/mol. The smallest absolute Gasteiger partial charge is 0.157 e. The third-order valence-electron chi connectivity index (χ3n) is 6.18. The quantitative estimate of drug-likeness (QED) is 0.806. The maximum Gasteiger partial charge on any atom is 0.157 e. The summed E-state index contributed by atoms with van der Waals surface area (Å²) in [6.45, 7) is 5.01. The van der Waals surface area contributed by atoms with Gasteiger partial charge >= 0.3 is 0 Å². The first-order valence-corrected chi connectivity index (χ1v) is 9.94. The van der Waals surface area contributed by atoms with Gasteiger partial charge in [0.2, 0.25) is 0 Å². The molecule has 3 nitrogen and oxygen atoms in total. The summed E-state index contributed by atoms with van der Waals surface area (Å²) in [7, 11) is 0. The molecule has 118 valence electrons. The fourth-order valence-corrected chi connectivity index (χ4v) is 5.93. The number of hydrogen-bond donors (Lipinski definition) is 1. The average molecular weight is 308 g/mol. The van der Waals surface area contributed by atoms with Crippen molar-refractivity contribution in [1.82, 2.24) is 10.2 Å². The van der Waals surface area contributed by atoms with Gasteiger partial charge in [0.25, 0.3) is 0 Å². The first-order chi connectivity index (χ1) is 10.2. The molecule has 4 heteroatoms. The molecule has 0 aromatic heterocycles. The highest BCUT2D eigenvalue weighted by Gasteiger charge is 2.40. The molecular weight excluding hydrogens is 278 g/mol. The van der Waals surface area contributed by atoms with Gasteiger partial charge in [0.05, 0.1) is 6.04 Å². The molecule has 0 aromatic carbocycles. The highest BCUT2D eigenvalue weighted by atomic mass is 32.2. The van der Waals surface area contributed by atoms with Gasteiger partial charge in [0, 0.05) is 23.9 Å². The van der Waals surface area contributed by atoms with E-state index in [4.69, 9.17) is 4.99 Å². The van der Waals surface area contributed by atoms with E-state index in [9.17, 15) is 0 Å². The van der Waals surface area contributed by atoms with Crippen molar-refractivity contribution in [2.45, 2.75) is 75.9 Å². The van der Waals surface area contributed by atoms with Crippen molar-refractivity contribution >= 4 is 16.9 Å². The van der Waals surface area contributed by atoms with Crippen LogP contribution in [-0.2, 0) is 0 Å². The van der Waals surface area contributed by atoms with Gasteiger partial charge < -0.3 is 10.2 Å². The zero-order chi connectivity index (χ0) is 14.3. The number of fused-ring (bicyclic) bond motifs is 1. The Hall–Kier alpha value is -0.220. The van der Waals surface area contributed by atoms with Gasteiger partial charge in [0.1, 0.15) is 0 Å². The second-order valence-electron chi connectivity index (χ2n) is 7.82. The third kappa shape index (κ3) is 2.98. The van der Waals surface area contributed by atoms with Crippen molar-refractivity contribution in [2.24, 2.45) is 10.9 Å². The standard InChI is InChI=1S/C17H29N3S/c1-13-4-7-17(8-5-13)12-21-16(19-17)18-14-6-10-20-9-2-3-15(20)11-14/h13-15H,2-12H2,1H3,(H,18,19). The van der Waals surface area contributed by atoms with Crippen LogP contribution in [-0.4, -0.2) is 46.5 Å². The number of rotatable bonds is 1. The lowest BCUT2D eigenvalue weighted by Crippen LogP contribution is -2.46. The number of aliphatic imine (C=N–C) groups is 1. The Labute approximate surface area is 133 Å². The van der Waals surface area contributed by atoms with Crippen LogP contribution in [0.2, 0.25) is 0 Å². The van der Waals surface area contributed by atoms with Crippen LogP contribution in [0.5, 0.6) is 0 Å². The van der Waals surface area contributed by atoms with E-state index in [0.29, 0.717) is 11.6 Å². The number of hydrogen-bond acceptors (Lipinski definition) is 3. The second-order valence-corrected chi connectivity index (χ2v) is 8.79. The first-order valence-electron chi connectivity index (χ1n) is 8.95. The molecule has 0 aromatic rings. The number of nitrogens with zero attached hydrogens (tertiary/aromatic N) is 2. The van der Waals surface area contributed by atoms with E-state index < -0.39 is 0 Å². The Morgan fingerprint density at radius 2 is 2.05 bits per heavy atom. The van der Waals surface area contributed by atoms with E-state index in [1.807, 2.05) is 11.8 Å². The van der Waals surface area contributed by atoms with Crippen LogP contribution in [0, 0.1) is 5.92 Å². The van der Waals surface area contributed by atoms with Crippen molar-refractivity contribution < 1.29 is 0 Å². The van der Waals surface area contributed by atoms with Crippen molar-refractivity contribution in [3.8, 4) is 0 Å². The molecule has 1 spiro atoms. The number of piperidine rings is 1. The van der Waals surface area contributed by atoms with Gasteiger partial charge in [-0.3, -0.25) is 4.99 Å². The van der Waals surface area contributed by atoms with Gasteiger partial charge in [-0.15, -0.1) is 0 Å². The predicted molar refractivity (Wildman–Crippen MR) is 91.0 cm³/mol. The van der Waals surface area contributed by atoms with E-state index in [1.54, 1.807) is 0 Å². The van der Waals surface area contributed by atoms with E-state index in [0.717, 1.165) is 12.0 Å². The fraction of sp³-hybridized carbons (Fsp3) is 0.941. The second kappa shape index (κ2) is 5.77. The predicted octanol–water partition coefficient (Wildman–Crippen LogP) is 3.25. The van der Waals surface area contributed by atoms with Crippen molar-refractivity contribution in [3.63, 3.8) is 0 Å². The summed E-state index contributed by atoms with van der Waals surface area (Å²) >= 11 is 1.99. The van der Waals surface area contributed by atoms with Crippen LogP contribution in [0.4, 0.5) is 0 Å². The molecule has 2 unspecified atom stereocenters.